The van der Waals surface area contributed by atoms with Crippen LogP contribution >= 0.6 is 0 Å². The summed E-state index contributed by atoms with van der Waals surface area (Å²) >= 11 is 0. The predicted molar refractivity (Wildman–Crippen MR) is 99.3 cm³/mol. The molecule has 1 aromatic rings. The molecule has 1 N–H and O–H groups in total. The first-order chi connectivity index (χ1) is 12.5. The number of nitrogens with one attached hydrogen (secondary N) is 1. The molecule has 26 heavy (non-hydrogen) atoms. The minimum absolute atomic E-state index is 0.0946. The van der Waals surface area contributed by atoms with Gasteiger partial charge in [0.05, 0.1) is 18.2 Å². The van der Waals surface area contributed by atoms with Crippen LogP contribution in [0.2, 0.25) is 0 Å². The molecule has 1 atom stereocenters. The smallest absolute Gasteiger partial charge is 0.281 e. The zero-order valence-electron chi connectivity index (χ0n) is 15.3. The van der Waals surface area contributed by atoms with E-state index in [0.717, 1.165) is 25.0 Å². The number of pyridine rings is 1. The number of carbonyl (C=O) groups is 1. The number of carbonyl (C=O) groups excluding carboxylic acids is 1. The number of rotatable bonds is 5. The molecule has 0 radical (unpaired) electrons. The van der Waals surface area contributed by atoms with Gasteiger partial charge >= 0.3 is 0 Å². The lowest BCUT2D eigenvalue weighted by atomic mass is 9.99. The van der Waals surface area contributed by atoms with E-state index in [4.69, 9.17) is 0 Å². The Hall–Kier alpha value is -1.51. The van der Waals surface area contributed by atoms with E-state index >= 15 is 0 Å². The number of hydrogen-bond donors (Lipinski definition) is 1. The van der Waals surface area contributed by atoms with E-state index in [1.807, 2.05) is 18.2 Å². The standard InChI is InChI=1S/C18H28N4O3S/c1-15-7-11-21(12-8-15)26(24,25)22-10-4-5-16(14-22)18(23)20-13-17-6-2-3-9-19-17/h2-3,6,9,15-16H,4-5,7-8,10-14H2,1H3,(H,20,23)/t16-/m0/s1. The minimum atomic E-state index is -3.47. The normalized spacial score (nSPS) is 23.7. The summed E-state index contributed by atoms with van der Waals surface area (Å²) in [7, 11) is -3.47. The second-order valence-electron chi connectivity index (χ2n) is 7.33. The van der Waals surface area contributed by atoms with E-state index in [9.17, 15) is 13.2 Å². The average molecular weight is 381 g/mol. The van der Waals surface area contributed by atoms with Gasteiger partial charge in [-0.25, -0.2) is 0 Å². The Bertz CT molecular complexity index is 702. The van der Waals surface area contributed by atoms with Gasteiger partial charge < -0.3 is 5.32 Å². The lowest BCUT2D eigenvalue weighted by Crippen LogP contribution is -2.52. The molecule has 0 saturated carbocycles. The monoisotopic (exact) mass is 380 g/mol. The molecule has 2 aliphatic rings. The van der Waals surface area contributed by atoms with E-state index < -0.39 is 10.2 Å². The molecule has 2 fully saturated rings. The number of aromatic nitrogens is 1. The SMILES string of the molecule is CC1CCN(S(=O)(=O)N2CCC[C@H](C(=O)NCc3ccccn3)C2)CC1. The van der Waals surface area contributed by atoms with Crippen LogP contribution < -0.4 is 5.32 Å². The number of amides is 1. The number of hydrogen-bond acceptors (Lipinski definition) is 4. The second kappa shape index (κ2) is 8.45. The highest BCUT2D eigenvalue weighted by Gasteiger charge is 2.36. The van der Waals surface area contributed by atoms with Gasteiger partial charge in [0.25, 0.3) is 10.2 Å². The molecule has 3 heterocycles. The molecule has 8 heteroatoms. The van der Waals surface area contributed by atoms with Gasteiger partial charge in [0.2, 0.25) is 5.91 Å². The lowest BCUT2D eigenvalue weighted by Gasteiger charge is -2.37. The maximum absolute atomic E-state index is 12.9. The van der Waals surface area contributed by atoms with Gasteiger partial charge in [0.1, 0.15) is 0 Å². The van der Waals surface area contributed by atoms with Gasteiger partial charge in [-0.05, 0) is 43.7 Å². The summed E-state index contributed by atoms with van der Waals surface area (Å²) in [4.78, 5) is 16.7. The Balaban J connectivity index is 1.57. The van der Waals surface area contributed by atoms with Crippen molar-refractivity contribution in [3.63, 3.8) is 0 Å². The summed E-state index contributed by atoms with van der Waals surface area (Å²) in [6.45, 7) is 4.45. The summed E-state index contributed by atoms with van der Waals surface area (Å²) in [6.07, 6.45) is 4.93. The molecule has 2 aliphatic heterocycles. The number of piperidine rings is 2. The van der Waals surface area contributed by atoms with Gasteiger partial charge in [-0.15, -0.1) is 0 Å². The van der Waals surface area contributed by atoms with Crippen LogP contribution in [0.4, 0.5) is 0 Å². The Kier molecular flexibility index (Phi) is 6.26. The van der Waals surface area contributed by atoms with E-state index in [2.05, 4.69) is 17.2 Å². The van der Waals surface area contributed by atoms with Crippen molar-refractivity contribution < 1.29 is 13.2 Å². The van der Waals surface area contributed by atoms with Crippen molar-refractivity contribution in [1.29, 1.82) is 0 Å². The molecule has 3 rings (SSSR count). The van der Waals surface area contributed by atoms with Gasteiger partial charge in [-0.2, -0.15) is 17.0 Å². The largest absolute Gasteiger partial charge is 0.350 e. The molecule has 0 aliphatic carbocycles. The Labute approximate surface area is 156 Å². The third-order valence-corrected chi connectivity index (χ3v) is 7.32. The topological polar surface area (TPSA) is 82.6 Å². The molecular weight excluding hydrogens is 352 g/mol. The van der Waals surface area contributed by atoms with Gasteiger partial charge in [0, 0.05) is 32.4 Å². The van der Waals surface area contributed by atoms with Crippen LogP contribution in [0.3, 0.4) is 0 Å². The summed E-state index contributed by atoms with van der Waals surface area (Å²) in [5, 5.41) is 2.89. The maximum atomic E-state index is 12.9. The fourth-order valence-electron chi connectivity index (χ4n) is 3.57. The third kappa shape index (κ3) is 4.61. The van der Waals surface area contributed by atoms with Crippen molar-refractivity contribution >= 4 is 16.1 Å². The Morgan fingerprint density at radius 1 is 1.19 bits per heavy atom. The first-order valence-corrected chi connectivity index (χ1v) is 10.8. The number of nitrogens with zero attached hydrogens (tertiary/aromatic N) is 3. The first-order valence-electron chi connectivity index (χ1n) is 9.39. The van der Waals surface area contributed by atoms with Crippen molar-refractivity contribution in [1.82, 2.24) is 18.9 Å². The van der Waals surface area contributed by atoms with Crippen LogP contribution in [-0.4, -0.2) is 54.1 Å². The molecule has 144 valence electrons. The fourth-order valence-corrected chi connectivity index (χ4v) is 5.30. The van der Waals surface area contributed by atoms with Gasteiger partial charge in [0.15, 0.2) is 0 Å². The van der Waals surface area contributed by atoms with Crippen molar-refractivity contribution in [3.05, 3.63) is 30.1 Å². The molecule has 0 spiro atoms. The first kappa shape index (κ1) is 19.3. The zero-order chi connectivity index (χ0) is 18.6. The predicted octanol–water partition coefficient (Wildman–Crippen LogP) is 1.39. The van der Waals surface area contributed by atoms with E-state index in [1.165, 1.54) is 4.31 Å². The van der Waals surface area contributed by atoms with Crippen molar-refractivity contribution in [2.75, 3.05) is 26.2 Å². The minimum Gasteiger partial charge on any atom is -0.350 e. The van der Waals surface area contributed by atoms with E-state index in [1.54, 1.807) is 10.5 Å². The van der Waals surface area contributed by atoms with E-state index in [0.29, 0.717) is 38.5 Å². The van der Waals surface area contributed by atoms with Crippen LogP contribution in [0.15, 0.2) is 24.4 Å². The van der Waals surface area contributed by atoms with E-state index in [-0.39, 0.29) is 18.4 Å². The third-order valence-electron chi connectivity index (χ3n) is 5.32. The molecule has 0 unspecified atom stereocenters. The molecule has 1 amide bonds. The van der Waals surface area contributed by atoms with Crippen LogP contribution in [0, 0.1) is 11.8 Å². The molecular formula is C18H28N4O3S. The van der Waals surface area contributed by atoms with Crippen LogP contribution in [0.5, 0.6) is 0 Å². The Morgan fingerprint density at radius 2 is 1.96 bits per heavy atom. The molecule has 7 nitrogen and oxygen atoms in total. The fraction of sp³-hybridized carbons (Fsp3) is 0.667. The average Bonchev–Trinajstić information content (AvgIpc) is 2.67. The summed E-state index contributed by atoms with van der Waals surface area (Å²) < 4.78 is 28.9. The quantitative estimate of drug-likeness (QED) is 0.837. The van der Waals surface area contributed by atoms with Crippen LogP contribution in [0.1, 0.15) is 38.3 Å². The van der Waals surface area contributed by atoms with Crippen LogP contribution in [0.25, 0.3) is 0 Å². The lowest BCUT2D eigenvalue weighted by molar-refractivity contribution is -0.126. The molecule has 0 aromatic carbocycles. The van der Waals surface area contributed by atoms with Gasteiger partial charge in [-0.1, -0.05) is 13.0 Å². The van der Waals surface area contributed by atoms with Crippen molar-refractivity contribution in [2.45, 2.75) is 39.2 Å². The highest BCUT2D eigenvalue weighted by atomic mass is 32.2. The molecule has 1 aromatic heterocycles. The summed E-state index contributed by atoms with van der Waals surface area (Å²) in [5.41, 5.74) is 0.795. The van der Waals surface area contributed by atoms with Crippen molar-refractivity contribution in [2.24, 2.45) is 11.8 Å². The molecule has 2 saturated heterocycles. The summed E-state index contributed by atoms with van der Waals surface area (Å²) in [6, 6.07) is 5.56. The second-order valence-corrected chi connectivity index (χ2v) is 9.25. The highest BCUT2D eigenvalue weighted by Crippen LogP contribution is 2.25. The van der Waals surface area contributed by atoms with Gasteiger partial charge in [-0.3, -0.25) is 9.78 Å². The molecule has 0 bridgehead atoms. The highest BCUT2D eigenvalue weighted by molar-refractivity contribution is 7.86. The zero-order valence-corrected chi connectivity index (χ0v) is 16.1. The van der Waals surface area contributed by atoms with Crippen molar-refractivity contribution in [3.8, 4) is 0 Å². The Morgan fingerprint density at radius 3 is 2.65 bits per heavy atom. The van der Waals surface area contributed by atoms with Crippen LogP contribution in [-0.2, 0) is 21.5 Å². The maximum Gasteiger partial charge on any atom is 0.281 e. The summed E-state index contributed by atoms with van der Waals surface area (Å²) in [5.74, 6) is 0.182.